The molecule has 1 amide bonds. The molecule has 3 rings (SSSR count). The van der Waals surface area contributed by atoms with E-state index in [0.29, 0.717) is 5.82 Å². The van der Waals surface area contributed by atoms with Crippen molar-refractivity contribution < 1.29 is 14.3 Å². The van der Waals surface area contributed by atoms with Crippen LogP contribution in [-0.4, -0.2) is 55.7 Å². The van der Waals surface area contributed by atoms with Crippen LogP contribution in [0.15, 0.2) is 30.3 Å². The predicted molar refractivity (Wildman–Crippen MR) is 104 cm³/mol. The van der Waals surface area contributed by atoms with Crippen molar-refractivity contribution in [1.29, 1.82) is 0 Å². The lowest BCUT2D eigenvalue weighted by atomic mass is 9.97. The Bertz CT molecular complexity index is 852. The van der Waals surface area contributed by atoms with Crippen LogP contribution in [0.1, 0.15) is 44.5 Å². The van der Waals surface area contributed by atoms with Gasteiger partial charge in [-0.1, -0.05) is 30.3 Å². The van der Waals surface area contributed by atoms with Gasteiger partial charge in [-0.25, -0.2) is 4.79 Å². The summed E-state index contributed by atoms with van der Waals surface area (Å²) in [5.74, 6) is -0.380. The van der Waals surface area contributed by atoms with Crippen LogP contribution < -0.4 is 0 Å². The fraction of sp³-hybridized carbons (Fsp3) is 0.450. The Morgan fingerprint density at radius 3 is 2.46 bits per heavy atom. The van der Waals surface area contributed by atoms with Gasteiger partial charge in [-0.3, -0.25) is 4.79 Å². The van der Waals surface area contributed by atoms with Gasteiger partial charge in [-0.2, -0.15) is 4.68 Å². The van der Waals surface area contributed by atoms with Gasteiger partial charge in [0.25, 0.3) is 5.91 Å². The number of nitrogens with zero attached hydrogens (tertiary/aromatic N) is 5. The number of benzene rings is 1. The van der Waals surface area contributed by atoms with Gasteiger partial charge < -0.3 is 9.64 Å². The Hall–Kier alpha value is -3.03. The van der Waals surface area contributed by atoms with E-state index in [0.717, 1.165) is 24.8 Å². The molecule has 1 fully saturated rings. The summed E-state index contributed by atoms with van der Waals surface area (Å²) >= 11 is 0. The van der Waals surface area contributed by atoms with Crippen molar-refractivity contribution in [2.45, 2.75) is 52.1 Å². The number of hydrogen-bond donors (Lipinski definition) is 0. The summed E-state index contributed by atoms with van der Waals surface area (Å²) in [7, 11) is 0. The molecule has 2 atom stereocenters. The fourth-order valence-electron chi connectivity index (χ4n) is 3.56. The average molecular weight is 383 g/mol. The Morgan fingerprint density at radius 1 is 1.18 bits per heavy atom. The number of esters is 1. The summed E-state index contributed by atoms with van der Waals surface area (Å²) in [6, 6.07) is 9.63. The Morgan fingerprint density at radius 2 is 1.86 bits per heavy atom. The standard InChI is InChI=1S/C20H25N5O3/c1-14-8-7-9-15(2)24(14)19(26)13-28-20(27)18(25-16(3)21-22-23-25)12-17-10-5-4-6-11-17/h4-6,10-12,14-15H,7-9,13H2,1-3H3/b18-12-/t14-,15-/m1/s1. The second-order valence-electron chi connectivity index (χ2n) is 7.08. The third-order valence-corrected chi connectivity index (χ3v) is 4.97. The van der Waals surface area contributed by atoms with Crippen molar-refractivity contribution in [3.8, 4) is 0 Å². The number of amides is 1. The number of piperidine rings is 1. The third-order valence-electron chi connectivity index (χ3n) is 4.97. The van der Waals surface area contributed by atoms with E-state index >= 15 is 0 Å². The summed E-state index contributed by atoms with van der Waals surface area (Å²) in [6.45, 7) is 5.44. The molecule has 0 spiro atoms. The van der Waals surface area contributed by atoms with Crippen LogP contribution in [-0.2, 0) is 14.3 Å². The summed E-state index contributed by atoms with van der Waals surface area (Å²) in [6.07, 6.45) is 4.68. The summed E-state index contributed by atoms with van der Waals surface area (Å²) in [5, 5.41) is 11.3. The molecule has 1 aromatic carbocycles. The maximum absolute atomic E-state index is 12.8. The number of tetrazole rings is 1. The number of carbonyl (C=O) groups is 2. The molecule has 8 nitrogen and oxygen atoms in total. The molecule has 1 aromatic heterocycles. The van der Waals surface area contributed by atoms with E-state index < -0.39 is 5.97 Å². The van der Waals surface area contributed by atoms with Crippen LogP contribution in [0.5, 0.6) is 0 Å². The van der Waals surface area contributed by atoms with Gasteiger partial charge in [0.2, 0.25) is 0 Å². The highest BCUT2D eigenvalue weighted by Crippen LogP contribution is 2.22. The van der Waals surface area contributed by atoms with Crippen molar-refractivity contribution in [3.05, 3.63) is 41.7 Å². The van der Waals surface area contributed by atoms with E-state index in [9.17, 15) is 9.59 Å². The van der Waals surface area contributed by atoms with Gasteiger partial charge >= 0.3 is 5.97 Å². The van der Waals surface area contributed by atoms with Crippen LogP contribution >= 0.6 is 0 Å². The van der Waals surface area contributed by atoms with E-state index in [1.807, 2.05) is 49.1 Å². The molecule has 0 bridgehead atoms. The van der Waals surface area contributed by atoms with Gasteiger partial charge in [0, 0.05) is 12.1 Å². The van der Waals surface area contributed by atoms with Crippen LogP contribution in [0.4, 0.5) is 0 Å². The fourth-order valence-corrected chi connectivity index (χ4v) is 3.56. The zero-order valence-electron chi connectivity index (χ0n) is 16.4. The minimum Gasteiger partial charge on any atom is -0.451 e. The molecule has 28 heavy (non-hydrogen) atoms. The van der Waals surface area contributed by atoms with E-state index in [1.54, 1.807) is 13.0 Å². The van der Waals surface area contributed by atoms with Gasteiger partial charge in [-0.15, -0.1) is 5.10 Å². The number of aryl methyl sites for hydroxylation is 1. The van der Waals surface area contributed by atoms with Gasteiger partial charge in [0.1, 0.15) is 0 Å². The highest BCUT2D eigenvalue weighted by atomic mass is 16.5. The Kier molecular flexibility index (Phi) is 6.18. The van der Waals surface area contributed by atoms with E-state index in [4.69, 9.17) is 4.74 Å². The van der Waals surface area contributed by atoms with Crippen LogP contribution in [0, 0.1) is 6.92 Å². The van der Waals surface area contributed by atoms with Crippen molar-refractivity contribution in [2.75, 3.05) is 6.61 Å². The second kappa shape index (κ2) is 8.77. The third kappa shape index (κ3) is 4.44. The largest absolute Gasteiger partial charge is 0.451 e. The first kappa shape index (κ1) is 19.7. The molecule has 0 radical (unpaired) electrons. The Balaban J connectivity index is 1.76. The number of rotatable bonds is 5. The smallest absolute Gasteiger partial charge is 0.357 e. The van der Waals surface area contributed by atoms with E-state index in [2.05, 4.69) is 15.5 Å². The van der Waals surface area contributed by atoms with Crippen molar-refractivity contribution in [1.82, 2.24) is 25.1 Å². The maximum Gasteiger partial charge on any atom is 0.357 e. The topological polar surface area (TPSA) is 90.2 Å². The lowest BCUT2D eigenvalue weighted by molar-refractivity contribution is -0.151. The number of aromatic nitrogens is 4. The minimum atomic E-state index is -0.648. The highest BCUT2D eigenvalue weighted by molar-refractivity contribution is 6.15. The number of ether oxygens (including phenoxy) is 1. The van der Waals surface area contributed by atoms with Crippen LogP contribution in [0.3, 0.4) is 0 Å². The van der Waals surface area contributed by atoms with Gasteiger partial charge in [-0.05, 0) is 62.1 Å². The maximum atomic E-state index is 12.8. The normalized spacial score (nSPS) is 20.1. The quantitative estimate of drug-likeness (QED) is 0.581. The molecular formula is C20H25N5O3. The van der Waals surface area contributed by atoms with E-state index in [-0.39, 0.29) is 30.3 Å². The molecule has 1 aliphatic heterocycles. The van der Waals surface area contributed by atoms with Gasteiger partial charge in [0.15, 0.2) is 18.1 Å². The second-order valence-corrected chi connectivity index (χ2v) is 7.08. The molecule has 2 aromatic rings. The lowest BCUT2D eigenvalue weighted by Gasteiger charge is -2.38. The summed E-state index contributed by atoms with van der Waals surface area (Å²) in [4.78, 5) is 27.2. The molecule has 148 valence electrons. The molecule has 0 unspecified atom stereocenters. The zero-order chi connectivity index (χ0) is 20.1. The number of hydrogen-bond acceptors (Lipinski definition) is 6. The molecule has 0 aliphatic carbocycles. The van der Waals surface area contributed by atoms with Crippen LogP contribution in [0.2, 0.25) is 0 Å². The minimum absolute atomic E-state index is 0.149. The Labute approximate surface area is 164 Å². The monoisotopic (exact) mass is 383 g/mol. The number of likely N-dealkylation sites (tertiary alicyclic amines) is 1. The molecule has 0 saturated carbocycles. The molecule has 1 aliphatic rings. The molecule has 1 saturated heterocycles. The first-order valence-corrected chi connectivity index (χ1v) is 9.47. The molecule has 8 heteroatoms. The SMILES string of the molecule is Cc1nnnn1/C(=C\c1ccccc1)C(=O)OCC(=O)N1[C@H](C)CCC[C@H]1C. The molecular weight excluding hydrogens is 358 g/mol. The zero-order valence-corrected chi connectivity index (χ0v) is 16.4. The van der Waals surface area contributed by atoms with Gasteiger partial charge in [0.05, 0.1) is 0 Å². The summed E-state index contributed by atoms with van der Waals surface area (Å²) in [5.41, 5.74) is 0.954. The van der Waals surface area contributed by atoms with E-state index in [1.165, 1.54) is 4.68 Å². The first-order chi connectivity index (χ1) is 13.5. The highest BCUT2D eigenvalue weighted by Gasteiger charge is 2.30. The molecule has 2 heterocycles. The van der Waals surface area contributed by atoms with Crippen LogP contribution in [0.25, 0.3) is 11.8 Å². The molecule has 0 N–H and O–H groups in total. The number of carbonyl (C=O) groups excluding carboxylic acids is 2. The van der Waals surface area contributed by atoms with Crippen molar-refractivity contribution in [3.63, 3.8) is 0 Å². The predicted octanol–water partition coefficient (Wildman–Crippen LogP) is 2.31. The summed E-state index contributed by atoms with van der Waals surface area (Å²) < 4.78 is 6.66. The average Bonchev–Trinajstić information content (AvgIpc) is 3.10. The first-order valence-electron chi connectivity index (χ1n) is 9.47. The van der Waals surface area contributed by atoms with Crippen molar-refractivity contribution >= 4 is 23.6 Å². The lowest BCUT2D eigenvalue weighted by Crippen LogP contribution is -2.49. The van der Waals surface area contributed by atoms with Crippen molar-refractivity contribution in [2.24, 2.45) is 0 Å².